The second-order valence-corrected chi connectivity index (χ2v) is 21.8. The minimum absolute atomic E-state index is 0. The Kier molecular flexibility index (Phi) is 11.5. The summed E-state index contributed by atoms with van der Waals surface area (Å²) in [5, 5.41) is 3.30. The number of nitrogens with zero attached hydrogens (tertiary/aromatic N) is 4. The number of hydrogen-bond donors (Lipinski definition) is 0. The van der Waals surface area contributed by atoms with Gasteiger partial charge in [-0.15, -0.1) is 42.0 Å². The van der Waals surface area contributed by atoms with Crippen LogP contribution in [0.3, 0.4) is 0 Å². The molecule has 0 N–H and O–H groups in total. The topological polar surface area (TPSA) is 56.7 Å². The second-order valence-electron chi connectivity index (χ2n) is 16.7. The third-order valence-electron chi connectivity index (χ3n) is 10.6. The monoisotopic (exact) mass is 968 g/mol. The maximum atomic E-state index is 14.7. The van der Waals surface area contributed by atoms with E-state index in [1.54, 1.807) is 0 Å². The van der Waals surface area contributed by atoms with Gasteiger partial charge in [0.2, 0.25) is 5.71 Å². The summed E-state index contributed by atoms with van der Waals surface area (Å²) in [7, 11) is -1.58. The minimum Gasteiger partial charge on any atom is -0.486 e. The van der Waals surface area contributed by atoms with Gasteiger partial charge in [-0.2, -0.15) is 0 Å². The van der Waals surface area contributed by atoms with Crippen molar-refractivity contribution in [2.75, 3.05) is 0 Å². The number of halogens is 1. The van der Waals surface area contributed by atoms with Gasteiger partial charge in [0, 0.05) is 53.0 Å². The molecule has 4 heterocycles. The van der Waals surface area contributed by atoms with Gasteiger partial charge in [0.1, 0.15) is 0 Å². The Bertz CT molecular complexity index is 2830. The molecule has 58 heavy (non-hydrogen) atoms. The molecule has 0 bridgehead atoms. The van der Waals surface area contributed by atoms with E-state index in [9.17, 15) is 4.39 Å². The number of hydrogen-bond acceptors (Lipinski definition) is 4. The summed E-state index contributed by atoms with van der Waals surface area (Å²) < 4.78 is 45.5. The third-order valence-corrected chi connectivity index (χ3v) is 12.6. The van der Waals surface area contributed by atoms with Crippen molar-refractivity contribution in [3.05, 3.63) is 137 Å². The van der Waals surface area contributed by atoms with Gasteiger partial charge < -0.3 is 14.0 Å². The number of aromatic nitrogens is 4. The molecule has 0 unspecified atom stereocenters. The number of furan rings is 1. The van der Waals surface area contributed by atoms with Gasteiger partial charge in [-0.1, -0.05) is 133 Å². The summed E-state index contributed by atoms with van der Waals surface area (Å²) in [6.45, 7) is 19.6. The molecule has 0 saturated heterocycles. The van der Waals surface area contributed by atoms with E-state index in [4.69, 9.17) is 18.5 Å². The Morgan fingerprint density at radius 3 is 2.19 bits per heavy atom. The van der Waals surface area contributed by atoms with E-state index in [0.717, 1.165) is 56.5 Å². The van der Waals surface area contributed by atoms with Crippen LogP contribution >= 0.6 is 0 Å². The van der Waals surface area contributed by atoms with Gasteiger partial charge in [-0.3, -0.25) is 9.37 Å². The van der Waals surface area contributed by atoms with Crippen LogP contribution in [0, 0.1) is 24.8 Å². The first-order valence-electron chi connectivity index (χ1n) is 21.4. The average molecular weight is 968 g/mol. The zero-order valence-corrected chi connectivity index (χ0v) is 38.4. The van der Waals surface area contributed by atoms with Crippen molar-refractivity contribution >= 4 is 46.4 Å². The van der Waals surface area contributed by atoms with Crippen LogP contribution in [0.4, 0.5) is 4.39 Å². The molecule has 4 aromatic heterocycles. The van der Waals surface area contributed by atoms with Gasteiger partial charge in [-0.25, -0.2) is 4.98 Å². The first-order valence-corrected chi connectivity index (χ1v) is 23.4. The van der Waals surface area contributed by atoms with E-state index in [-0.39, 0.29) is 37.2 Å². The van der Waals surface area contributed by atoms with Crippen LogP contribution in [-0.4, -0.2) is 27.6 Å². The average Bonchev–Trinajstić information content (AvgIpc) is 3.77. The molecule has 4 aromatic carbocycles. The zero-order chi connectivity index (χ0) is 43.3. The van der Waals surface area contributed by atoms with Crippen LogP contribution in [0.1, 0.15) is 98.3 Å². The number of rotatable bonds is 8. The van der Waals surface area contributed by atoms with E-state index in [1.165, 1.54) is 34.1 Å². The maximum Gasteiger partial charge on any atom is 0.216 e. The van der Waals surface area contributed by atoms with Crippen LogP contribution in [0.15, 0.2) is 95.5 Å². The second kappa shape index (κ2) is 17.2. The molecule has 0 aliphatic carbocycles. The summed E-state index contributed by atoms with van der Waals surface area (Å²) in [5.41, 5.74) is 10.8. The molecule has 5 nitrogen and oxygen atoms in total. The van der Waals surface area contributed by atoms with Crippen LogP contribution in [-0.2, 0) is 26.5 Å². The van der Waals surface area contributed by atoms with Crippen LogP contribution < -0.4 is 5.19 Å². The predicted octanol–water partition coefficient (Wildman–Crippen LogP) is 13.3. The van der Waals surface area contributed by atoms with Crippen LogP contribution in [0.2, 0.25) is 19.6 Å². The zero-order valence-electron chi connectivity index (χ0n) is 38.0. The van der Waals surface area contributed by atoms with Gasteiger partial charge in [0.25, 0.3) is 0 Å². The van der Waals surface area contributed by atoms with Crippen LogP contribution in [0.5, 0.6) is 0 Å². The summed E-state index contributed by atoms with van der Waals surface area (Å²) >= 11 is 0. The van der Waals surface area contributed by atoms with Crippen molar-refractivity contribution in [3.63, 3.8) is 0 Å². The van der Waals surface area contributed by atoms with Crippen LogP contribution in [0.25, 0.3) is 61.4 Å². The smallest absolute Gasteiger partial charge is 0.216 e. The van der Waals surface area contributed by atoms with Gasteiger partial charge >= 0.3 is 0 Å². The van der Waals surface area contributed by atoms with Crippen molar-refractivity contribution < 1.29 is 33.0 Å². The molecule has 8 aromatic rings. The number of imidazole rings is 1. The quantitative estimate of drug-likeness (QED) is 0.112. The Morgan fingerprint density at radius 2 is 1.53 bits per heavy atom. The molecule has 8 rings (SSSR count). The molecule has 0 aliphatic heterocycles. The predicted molar refractivity (Wildman–Crippen MR) is 238 cm³/mol. The summed E-state index contributed by atoms with van der Waals surface area (Å²) in [6.07, 6.45) is 2.70. The molecule has 301 valence electrons. The minimum atomic E-state index is -2.49. The molecule has 0 amide bonds. The van der Waals surface area contributed by atoms with Crippen molar-refractivity contribution in [2.24, 2.45) is 0 Å². The molecule has 0 spiro atoms. The van der Waals surface area contributed by atoms with E-state index in [1.807, 2.05) is 18.3 Å². The number of pyridine rings is 2. The molecular weight excluding hydrogens is 912 g/mol. The maximum absolute atomic E-state index is 14.7. The fourth-order valence-corrected chi connectivity index (χ4v) is 9.22. The standard InChI is InChI=1S/C32H30N3O.C18H23FNSi.Ir/c1-6-22-15-16-25-26-18-21(14-17-29(26)36-32(25)33-22)31-34-27-12-7-8-13-28(27)35(31)30-23(19(2)3)10-9-11-24(30)20(4)5;1-12(2)15-10-16(20-11-17(15)21(4,5)6)14-9-7-8-13(3)18(14)19;/h7-13,15-20H,6H2,1-5H3;7-8,10-12H,1-6H3;/q2*-1;/i;3D3;. The van der Waals surface area contributed by atoms with Gasteiger partial charge in [-0.05, 0) is 70.4 Å². The van der Waals surface area contributed by atoms with E-state index >= 15 is 0 Å². The van der Waals surface area contributed by atoms with Crippen molar-refractivity contribution in [2.45, 2.75) is 99.1 Å². The van der Waals surface area contributed by atoms with Gasteiger partial charge in [0.05, 0.1) is 30.5 Å². The first-order chi connectivity index (χ1) is 28.4. The van der Waals surface area contributed by atoms with Crippen molar-refractivity contribution in [3.8, 4) is 28.3 Å². The molecular formula is C50H53FIrN4OSi-2. The Morgan fingerprint density at radius 1 is 0.828 bits per heavy atom. The van der Waals surface area contributed by atoms with E-state index in [0.29, 0.717) is 23.2 Å². The first kappa shape index (κ1) is 38.7. The SMILES string of the molecule is CCc1ccc2c(n1)oc1c[c-]c(-c3nc4ccccc4n3-c3c(C(C)C)cccc3C(C)C)cc12.[2H]C([2H])([2H])c1cc[c-]c(-c2cc(C(C)C)c([Si](C)(C)C)cn2)c1F.[Ir]. The number of benzene rings is 4. The summed E-state index contributed by atoms with van der Waals surface area (Å²) in [4.78, 5) is 14.3. The summed E-state index contributed by atoms with van der Waals surface area (Å²) in [6, 6.07) is 34.2. The van der Waals surface area contributed by atoms with E-state index < -0.39 is 20.7 Å². The molecule has 0 aliphatic rings. The Balaban J connectivity index is 0.000000218. The molecule has 0 atom stereocenters. The fraction of sp³-hybridized carbons (Fsp3) is 0.300. The number of fused-ring (bicyclic) bond motifs is 4. The molecule has 1 radical (unpaired) electrons. The van der Waals surface area contributed by atoms with Crippen molar-refractivity contribution in [1.82, 2.24) is 19.5 Å². The molecule has 0 saturated carbocycles. The van der Waals surface area contributed by atoms with E-state index in [2.05, 4.69) is 150 Å². The van der Waals surface area contributed by atoms with Gasteiger partial charge in [0.15, 0.2) is 0 Å². The largest absolute Gasteiger partial charge is 0.486 e. The molecule has 0 fully saturated rings. The third kappa shape index (κ3) is 8.25. The Hall–Kier alpha value is -4.75. The summed E-state index contributed by atoms with van der Waals surface area (Å²) in [5.74, 6) is 1.15. The number of aryl methyl sites for hydroxylation is 2. The van der Waals surface area contributed by atoms with Crippen molar-refractivity contribution in [1.29, 1.82) is 0 Å². The number of para-hydroxylation sites is 3. The normalized spacial score (nSPS) is 12.8. The fourth-order valence-electron chi connectivity index (χ4n) is 7.55. The Labute approximate surface area is 361 Å². The molecule has 8 heteroatoms.